The smallest absolute Gasteiger partial charge is 0.0656 e. The van der Waals surface area contributed by atoms with E-state index in [1.54, 1.807) is 0 Å². The molecule has 0 aromatic heterocycles. The van der Waals surface area contributed by atoms with Gasteiger partial charge in [0, 0.05) is 18.8 Å². The summed E-state index contributed by atoms with van der Waals surface area (Å²) in [6, 6.07) is 24.8. The Bertz CT molecular complexity index is 759. The Morgan fingerprint density at radius 3 is 1.83 bits per heavy atom. The van der Waals surface area contributed by atoms with Crippen LogP contribution in [0.5, 0.6) is 0 Å². The monoisotopic (exact) mass is 336 g/mol. The van der Waals surface area contributed by atoms with Crippen molar-refractivity contribution in [3.05, 3.63) is 94.5 Å². The van der Waals surface area contributed by atoms with E-state index in [1.807, 2.05) is 24.3 Å². The summed E-state index contributed by atoms with van der Waals surface area (Å²) in [6.45, 7) is 3.71. The van der Waals surface area contributed by atoms with E-state index in [2.05, 4.69) is 60.4 Å². The van der Waals surface area contributed by atoms with Gasteiger partial charge in [-0.1, -0.05) is 72.3 Å². The van der Waals surface area contributed by atoms with E-state index in [4.69, 9.17) is 17.3 Å². The lowest BCUT2D eigenvalue weighted by atomic mass is 10.1. The van der Waals surface area contributed by atoms with E-state index in [1.165, 1.54) is 11.1 Å². The van der Waals surface area contributed by atoms with Crippen LogP contribution in [0.25, 0.3) is 0 Å². The van der Waals surface area contributed by atoms with E-state index < -0.39 is 0 Å². The summed E-state index contributed by atoms with van der Waals surface area (Å²) in [6.07, 6.45) is 0. The molecule has 0 aliphatic rings. The number of nitrogen functional groups attached to an aromatic ring is 1. The van der Waals surface area contributed by atoms with Crippen molar-refractivity contribution in [1.29, 1.82) is 0 Å². The van der Waals surface area contributed by atoms with Crippen LogP contribution in [0.4, 0.5) is 11.4 Å². The lowest BCUT2D eigenvalue weighted by Gasteiger charge is -2.27. The van der Waals surface area contributed by atoms with Crippen LogP contribution in [0.2, 0.25) is 5.02 Å². The molecule has 3 rings (SSSR count). The van der Waals surface area contributed by atoms with Crippen LogP contribution in [-0.4, -0.2) is 0 Å². The number of hydrogen-bond donors (Lipinski definition) is 1. The van der Waals surface area contributed by atoms with Gasteiger partial charge in [-0.15, -0.1) is 0 Å². The first-order valence-corrected chi connectivity index (χ1v) is 8.39. The van der Waals surface area contributed by atoms with Gasteiger partial charge in [-0.2, -0.15) is 0 Å². The van der Waals surface area contributed by atoms with Crippen molar-refractivity contribution in [2.75, 3.05) is 10.6 Å². The summed E-state index contributed by atoms with van der Waals surface area (Å²) in [7, 11) is 0. The van der Waals surface area contributed by atoms with Gasteiger partial charge < -0.3 is 10.6 Å². The fourth-order valence-corrected chi connectivity index (χ4v) is 3.03. The summed E-state index contributed by atoms with van der Waals surface area (Å²) < 4.78 is 0. The van der Waals surface area contributed by atoms with Crippen molar-refractivity contribution < 1.29 is 0 Å². The van der Waals surface area contributed by atoms with Gasteiger partial charge in [-0.05, 0) is 35.7 Å². The van der Waals surface area contributed by atoms with Crippen LogP contribution in [0.1, 0.15) is 16.7 Å². The second-order valence-corrected chi connectivity index (χ2v) is 6.39. The molecule has 0 saturated heterocycles. The molecule has 2 nitrogen and oxygen atoms in total. The molecule has 0 atom stereocenters. The summed E-state index contributed by atoms with van der Waals surface area (Å²) in [5, 5.41) is 0.599. The van der Waals surface area contributed by atoms with Gasteiger partial charge >= 0.3 is 0 Å². The van der Waals surface area contributed by atoms with Gasteiger partial charge in [0.1, 0.15) is 0 Å². The van der Waals surface area contributed by atoms with Gasteiger partial charge in [0.05, 0.1) is 10.7 Å². The molecule has 0 saturated carbocycles. The quantitative estimate of drug-likeness (QED) is 0.629. The molecule has 122 valence electrons. The largest absolute Gasteiger partial charge is 0.398 e. The van der Waals surface area contributed by atoms with Crippen LogP contribution in [0.15, 0.2) is 72.8 Å². The van der Waals surface area contributed by atoms with E-state index in [0.717, 1.165) is 24.3 Å². The first kappa shape index (κ1) is 16.4. The minimum Gasteiger partial charge on any atom is -0.398 e. The van der Waals surface area contributed by atoms with Gasteiger partial charge in [0.25, 0.3) is 0 Å². The molecule has 3 heteroatoms. The molecular weight excluding hydrogens is 316 g/mol. The van der Waals surface area contributed by atoms with Crippen LogP contribution in [0.3, 0.4) is 0 Å². The summed E-state index contributed by atoms with van der Waals surface area (Å²) in [5.74, 6) is 0. The molecule has 0 aliphatic carbocycles. The average Bonchev–Trinajstić information content (AvgIpc) is 2.59. The summed E-state index contributed by atoms with van der Waals surface area (Å²) in [4.78, 5) is 2.34. The van der Waals surface area contributed by atoms with Crippen molar-refractivity contribution >= 4 is 23.0 Å². The number of benzene rings is 3. The van der Waals surface area contributed by atoms with E-state index in [9.17, 15) is 0 Å². The Balaban J connectivity index is 1.96. The zero-order chi connectivity index (χ0) is 16.9. The van der Waals surface area contributed by atoms with Crippen molar-refractivity contribution in [3.8, 4) is 0 Å². The molecule has 0 fully saturated rings. The maximum absolute atomic E-state index is 6.28. The third kappa shape index (κ3) is 3.90. The Kier molecular flexibility index (Phi) is 5.07. The summed E-state index contributed by atoms with van der Waals surface area (Å²) >= 11 is 6.28. The maximum Gasteiger partial charge on any atom is 0.0656 e. The van der Waals surface area contributed by atoms with Crippen LogP contribution in [-0.2, 0) is 13.1 Å². The van der Waals surface area contributed by atoms with Crippen LogP contribution in [0, 0.1) is 6.92 Å². The topological polar surface area (TPSA) is 29.3 Å². The lowest BCUT2D eigenvalue weighted by Crippen LogP contribution is -2.23. The number of aryl methyl sites for hydroxylation is 1. The number of rotatable bonds is 5. The molecule has 0 radical (unpaired) electrons. The average molecular weight is 337 g/mol. The van der Waals surface area contributed by atoms with Crippen molar-refractivity contribution in [3.63, 3.8) is 0 Å². The molecule has 0 heterocycles. The van der Waals surface area contributed by atoms with Crippen LogP contribution >= 0.6 is 11.6 Å². The van der Waals surface area contributed by atoms with Crippen LogP contribution < -0.4 is 10.6 Å². The molecule has 3 aromatic rings. The Hall–Kier alpha value is -2.45. The second kappa shape index (κ2) is 7.41. The highest BCUT2D eigenvalue weighted by atomic mass is 35.5. The molecule has 0 bridgehead atoms. The number of anilines is 2. The summed E-state index contributed by atoms with van der Waals surface area (Å²) in [5.41, 5.74) is 11.3. The third-order valence-corrected chi connectivity index (χ3v) is 4.42. The van der Waals surface area contributed by atoms with E-state index in [-0.39, 0.29) is 0 Å². The highest BCUT2D eigenvalue weighted by Gasteiger charge is 2.13. The molecule has 0 spiro atoms. The standard InChI is InChI=1S/C21H21ClN2/c1-16-12-20(23)19(22)13-21(16)24(14-17-8-4-2-5-9-17)15-18-10-6-3-7-11-18/h2-13H,14-15,23H2,1H3. The molecule has 0 amide bonds. The maximum atomic E-state index is 6.28. The predicted molar refractivity (Wildman–Crippen MR) is 103 cm³/mol. The zero-order valence-electron chi connectivity index (χ0n) is 13.7. The second-order valence-electron chi connectivity index (χ2n) is 5.99. The Morgan fingerprint density at radius 1 is 0.833 bits per heavy atom. The molecule has 0 aliphatic heterocycles. The highest BCUT2D eigenvalue weighted by Crippen LogP contribution is 2.31. The number of hydrogen-bond acceptors (Lipinski definition) is 2. The number of nitrogens with zero attached hydrogens (tertiary/aromatic N) is 1. The molecule has 2 N–H and O–H groups in total. The molecular formula is C21H21ClN2. The first-order chi connectivity index (χ1) is 11.6. The normalized spacial score (nSPS) is 10.6. The number of nitrogens with two attached hydrogens (primary N) is 1. The van der Waals surface area contributed by atoms with Gasteiger partial charge in [-0.25, -0.2) is 0 Å². The minimum atomic E-state index is 0.599. The molecule has 24 heavy (non-hydrogen) atoms. The minimum absolute atomic E-state index is 0.599. The third-order valence-electron chi connectivity index (χ3n) is 4.09. The molecule has 3 aromatic carbocycles. The van der Waals surface area contributed by atoms with Crippen molar-refractivity contribution in [1.82, 2.24) is 0 Å². The van der Waals surface area contributed by atoms with Crippen molar-refractivity contribution in [2.45, 2.75) is 20.0 Å². The van der Waals surface area contributed by atoms with Gasteiger partial charge in [-0.3, -0.25) is 0 Å². The van der Waals surface area contributed by atoms with Gasteiger partial charge in [0.15, 0.2) is 0 Å². The van der Waals surface area contributed by atoms with E-state index in [0.29, 0.717) is 10.7 Å². The Labute approximate surface area is 148 Å². The predicted octanol–water partition coefficient (Wildman–Crippen LogP) is 5.44. The Morgan fingerprint density at radius 2 is 1.33 bits per heavy atom. The number of halogens is 1. The molecule has 0 unspecified atom stereocenters. The highest BCUT2D eigenvalue weighted by molar-refractivity contribution is 6.33. The fourth-order valence-electron chi connectivity index (χ4n) is 2.87. The van der Waals surface area contributed by atoms with Gasteiger partial charge in [0.2, 0.25) is 0 Å². The zero-order valence-corrected chi connectivity index (χ0v) is 14.5. The van der Waals surface area contributed by atoms with Crippen molar-refractivity contribution in [2.24, 2.45) is 0 Å². The first-order valence-electron chi connectivity index (χ1n) is 8.02. The SMILES string of the molecule is Cc1cc(N)c(Cl)cc1N(Cc1ccccc1)Cc1ccccc1. The lowest BCUT2D eigenvalue weighted by molar-refractivity contribution is 0.796. The van der Waals surface area contributed by atoms with E-state index >= 15 is 0 Å². The fraction of sp³-hybridized carbons (Fsp3) is 0.143.